The Morgan fingerprint density at radius 3 is 1.62 bits per heavy atom. The maximum absolute atomic E-state index is 13.6. The van der Waals surface area contributed by atoms with Crippen molar-refractivity contribution in [2.45, 2.75) is 24.9 Å². The van der Waals surface area contributed by atoms with Crippen LogP contribution >= 0.6 is 23.2 Å². The Hall–Kier alpha value is -3.23. The molecule has 0 spiro atoms. The van der Waals surface area contributed by atoms with Crippen LogP contribution in [0.4, 0.5) is 21.5 Å². The van der Waals surface area contributed by atoms with Crippen LogP contribution in [0.1, 0.15) is 36.1 Å². The van der Waals surface area contributed by atoms with Crippen molar-refractivity contribution in [2.24, 2.45) is 0 Å². The van der Waals surface area contributed by atoms with Crippen LogP contribution in [0.3, 0.4) is 0 Å². The van der Waals surface area contributed by atoms with Gasteiger partial charge < -0.3 is 4.90 Å². The van der Waals surface area contributed by atoms with Crippen molar-refractivity contribution >= 4 is 40.3 Å². The summed E-state index contributed by atoms with van der Waals surface area (Å²) in [7, 11) is 0. The van der Waals surface area contributed by atoms with E-state index in [0.29, 0.717) is 29.7 Å². The van der Waals surface area contributed by atoms with Crippen molar-refractivity contribution in [1.29, 1.82) is 0 Å². The maximum Gasteiger partial charge on any atom is 0.288 e. The van der Waals surface area contributed by atoms with Crippen molar-refractivity contribution in [2.75, 3.05) is 4.90 Å². The fourth-order valence-corrected chi connectivity index (χ4v) is 4.57. The van der Waals surface area contributed by atoms with E-state index in [9.17, 15) is 24.6 Å². The molecule has 0 N–H and O–H groups in total. The van der Waals surface area contributed by atoms with Crippen molar-refractivity contribution in [3.8, 4) is 0 Å². The molecule has 0 bridgehead atoms. The summed E-state index contributed by atoms with van der Waals surface area (Å²) in [6.45, 7) is 0. The molecule has 4 rings (SSSR count). The van der Waals surface area contributed by atoms with Crippen LogP contribution in [-0.4, -0.2) is 9.85 Å². The fourth-order valence-electron chi connectivity index (χ4n) is 4.19. The highest BCUT2D eigenvalue weighted by atomic mass is 35.5. The van der Waals surface area contributed by atoms with E-state index in [4.69, 9.17) is 23.2 Å². The van der Waals surface area contributed by atoms with E-state index in [0.717, 1.165) is 0 Å². The summed E-state index contributed by atoms with van der Waals surface area (Å²) < 4.78 is 13.6. The number of halogens is 3. The first-order valence-corrected chi connectivity index (χ1v) is 10.4. The van der Waals surface area contributed by atoms with Crippen LogP contribution in [0.2, 0.25) is 10.0 Å². The largest absolute Gasteiger partial charge is 0.357 e. The van der Waals surface area contributed by atoms with Gasteiger partial charge in [-0.3, -0.25) is 20.2 Å². The lowest BCUT2D eigenvalue weighted by atomic mass is 10.0. The number of rotatable bonds is 5. The van der Waals surface area contributed by atoms with E-state index in [-0.39, 0.29) is 33.5 Å². The van der Waals surface area contributed by atoms with Crippen LogP contribution in [0.15, 0.2) is 60.7 Å². The van der Waals surface area contributed by atoms with Gasteiger partial charge in [0.25, 0.3) is 11.4 Å². The number of nitrogens with zero attached hydrogens (tertiary/aromatic N) is 3. The first-order chi connectivity index (χ1) is 15.3. The second-order valence-corrected chi connectivity index (χ2v) is 8.24. The lowest BCUT2D eigenvalue weighted by Gasteiger charge is -2.33. The third kappa shape index (κ3) is 4.11. The van der Waals surface area contributed by atoms with Crippen molar-refractivity contribution in [3.05, 3.63) is 108 Å². The lowest BCUT2D eigenvalue weighted by molar-refractivity contribution is -0.384. The summed E-state index contributed by atoms with van der Waals surface area (Å²) in [5, 5.41) is 22.8. The fraction of sp³-hybridized carbons (Fsp3) is 0.182. The molecule has 1 aliphatic rings. The number of nitro benzene ring substituents is 2. The summed E-state index contributed by atoms with van der Waals surface area (Å²) in [4.78, 5) is 23.7. The van der Waals surface area contributed by atoms with Gasteiger partial charge in [0, 0.05) is 17.8 Å². The Morgan fingerprint density at radius 1 is 0.781 bits per heavy atom. The first-order valence-electron chi connectivity index (χ1n) is 9.68. The Balaban J connectivity index is 1.82. The van der Waals surface area contributed by atoms with Gasteiger partial charge in [-0.1, -0.05) is 35.3 Å². The molecule has 0 amide bonds. The van der Waals surface area contributed by atoms with Crippen molar-refractivity contribution in [1.82, 2.24) is 0 Å². The summed E-state index contributed by atoms with van der Waals surface area (Å²) in [5.74, 6) is -0.398. The highest BCUT2D eigenvalue weighted by Crippen LogP contribution is 2.48. The molecule has 0 radical (unpaired) electrons. The minimum Gasteiger partial charge on any atom is -0.357 e. The molecule has 3 aromatic carbocycles. The highest BCUT2D eigenvalue weighted by molar-refractivity contribution is 6.33. The zero-order valence-electron chi connectivity index (χ0n) is 16.5. The second-order valence-electron chi connectivity index (χ2n) is 7.43. The zero-order chi connectivity index (χ0) is 23.0. The molecule has 0 saturated carbocycles. The van der Waals surface area contributed by atoms with Gasteiger partial charge in [0.1, 0.15) is 15.9 Å². The number of anilines is 1. The number of hydrogen-bond acceptors (Lipinski definition) is 5. The summed E-state index contributed by atoms with van der Waals surface area (Å²) >= 11 is 12.0. The minimum absolute atomic E-state index is 0.0370. The van der Waals surface area contributed by atoms with Crippen LogP contribution in [0.25, 0.3) is 0 Å². The van der Waals surface area contributed by atoms with Crippen molar-refractivity contribution in [3.63, 3.8) is 0 Å². The Labute approximate surface area is 192 Å². The maximum atomic E-state index is 13.6. The van der Waals surface area contributed by atoms with Gasteiger partial charge in [0.2, 0.25) is 0 Å². The monoisotopic (exact) mass is 475 g/mol. The van der Waals surface area contributed by atoms with E-state index in [2.05, 4.69) is 0 Å². The standard InChI is InChI=1S/C22H16Cl2FN3O4/c23-17-7-1-13(11-21(17)27(29)30)19-9-10-20(26(19)16-5-3-15(25)4-6-16)14-2-8-18(24)22(12-14)28(31)32/h1-8,11-12,19-20H,9-10H2. The predicted octanol–water partition coefficient (Wildman–Crippen LogP) is 7.03. The molecule has 0 aliphatic carbocycles. The van der Waals surface area contributed by atoms with Crippen molar-refractivity contribution < 1.29 is 14.2 Å². The second kappa shape index (κ2) is 8.72. The summed E-state index contributed by atoms with van der Waals surface area (Å²) in [5.41, 5.74) is 1.64. The van der Waals surface area contributed by atoms with Gasteiger partial charge in [-0.25, -0.2) is 4.39 Å². The predicted molar refractivity (Wildman–Crippen MR) is 120 cm³/mol. The molecule has 3 aromatic rings. The van der Waals surface area contributed by atoms with E-state index >= 15 is 0 Å². The van der Waals surface area contributed by atoms with Crippen LogP contribution < -0.4 is 4.90 Å². The zero-order valence-corrected chi connectivity index (χ0v) is 18.0. The van der Waals surface area contributed by atoms with E-state index in [1.165, 1.54) is 36.4 Å². The molecule has 10 heteroatoms. The molecule has 164 valence electrons. The number of hydrogen-bond donors (Lipinski definition) is 0. The molecule has 1 fully saturated rings. The smallest absolute Gasteiger partial charge is 0.288 e. The van der Waals surface area contributed by atoms with Crippen LogP contribution in [0, 0.1) is 26.0 Å². The van der Waals surface area contributed by atoms with Gasteiger partial charge in [0.15, 0.2) is 0 Å². The number of nitro groups is 2. The average Bonchev–Trinajstić information content (AvgIpc) is 3.19. The van der Waals surface area contributed by atoms with Gasteiger partial charge in [-0.15, -0.1) is 0 Å². The summed E-state index contributed by atoms with van der Waals surface area (Å²) in [6.07, 6.45) is 1.24. The van der Waals surface area contributed by atoms with Gasteiger partial charge >= 0.3 is 0 Å². The molecular weight excluding hydrogens is 460 g/mol. The molecule has 32 heavy (non-hydrogen) atoms. The molecule has 7 nitrogen and oxygen atoms in total. The quantitative estimate of drug-likeness (QED) is 0.291. The Bertz CT molecular complexity index is 1130. The molecule has 1 heterocycles. The normalized spacial score (nSPS) is 18.0. The topological polar surface area (TPSA) is 89.5 Å². The average molecular weight is 476 g/mol. The van der Waals surface area contributed by atoms with Gasteiger partial charge in [-0.05, 0) is 60.4 Å². The molecule has 1 aliphatic heterocycles. The molecular formula is C22H16Cl2FN3O4. The molecule has 2 unspecified atom stereocenters. The van der Waals surface area contributed by atoms with E-state index in [1.54, 1.807) is 24.3 Å². The lowest BCUT2D eigenvalue weighted by Crippen LogP contribution is -2.26. The molecule has 0 aromatic heterocycles. The van der Waals surface area contributed by atoms with E-state index < -0.39 is 15.7 Å². The van der Waals surface area contributed by atoms with Gasteiger partial charge in [-0.2, -0.15) is 0 Å². The van der Waals surface area contributed by atoms with E-state index in [1.807, 2.05) is 4.90 Å². The van der Waals surface area contributed by atoms with Crippen LogP contribution in [0.5, 0.6) is 0 Å². The third-order valence-electron chi connectivity index (χ3n) is 5.61. The molecule has 1 saturated heterocycles. The Morgan fingerprint density at radius 2 is 1.22 bits per heavy atom. The molecule has 2 atom stereocenters. The Kier molecular flexibility index (Phi) is 5.99. The third-order valence-corrected chi connectivity index (χ3v) is 6.25. The van der Waals surface area contributed by atoms with Gasteiger partial charge in [0.05, 0.1) is 21.9 Å². The minimum atomic E-state index is -0.539. The number of benzene rings is 3. The SMILES string of the molecule is O=[N+]([O-])c1cc(C2CCC(c3ccc(Cl)c([N+](=O)[O-])c3)N2c2ccc(F)cc2)ccc1Cl. The summed E-state index contributed by atoms with van der Waals surface area (Å²) in [6, 6.07) is 14.6. The highest BCUT2D eigenvalue weighted by Gasteiger charge is 2.37. The van der Waals surface area contributed by atoms with Crippen LogP contribution in [-0.2, 0) is 0 Å². The first kappa shape index (κ1) is 22.0.